The summed E-state index contributed by atoms with van der Waals surface area (Å²) in [5.41, 5.74) is 1.18. The van der Waals surface area contributed by atoms with E-state index in [1.807, 2.05) is 18.2 Å². The van der Waals surface area contributed by atoms with Crippen molar-refractivity contribution in [3.8, 4) is 0 Å². The van der Waals surface area contributed by atoms with Crippen molar-refractivity contribution in [1.29, 1.82) is 0 Å². The molecule has 0 unspecified atom stereocenters. The van der Waals surface area contributed by atoms with Gasteiger partial charge in [-0.15, -0.1) is 0 Å². The van der Waals surface area contributed by atoms with Gasteiger partial charge in [-0.1, -0.05) is 36.6 Å². The number of benzene rings is 1. The summed E-state index contributed by atoms with van der Waals surface area (Å²) in [6.07, 6.45) is 5.49. The second kappa shape index (κ2) is 6.29. The molecule has 1 saturated carbocycles. The Morgan fingerprint density at radius 2 is 2.14 bits per heavy atom. The van der Waals surface area contributed by atoms with Gasteiger partial charge in [-0.05, 0) is 37.0 Å². The average Bonchev–Trinajstić information content (AvgIpc) is 3.15. The van der Waals surface area contributed by atoms with Crippen molar-refractivity contribution in [1.82, 2.24) is 10.6 Å². The highest BCUT2D eigenvalue weighted by molar-refractivity contribution is 6.30. The first-order valence-electron chi connectivity index (χ1n) is 7.92. The fourth-order valence-electron chi connectivity index (χ4n) is 3.63. The third kappa shape index (κ3) is 3.12. The summed E-state index contributed by atoms with van der Waals surface area (Å²) in [6, 6.07) is 7.58. The molecule has 2 aliphatic rings. The van der Waals surface area contributed by atoms with Gasteiger partial charge >= 0.3 is 0 Å². The Balaban J connectivity index is 1.70. The summed E-state index contributed by atoms with van der Waals surface area (Å²) in [5.74, 6) is -0.107. The predicted molar refractivity (Wildman–Crippen MR) is 85.8 cm³/mol. The number of hydrogen-bond acceptors (Lipinski definition) is 2. The van der Waals surface area contributed by atoms with Gasteiger partial charge in [0.05, 0.1) is 0 Å². The Kier molecular flexibility index (Phi) is 4.39. The van der Waals surface area contributed by atoms with Gasteiger partial charge in [-0.2, -0.15) is 0 Å². The van der Waals surface area contributed by atoms with Crippen LogP contribution in [0.5, 0.6) is 0 Å². The number of carbonyl (C=O) groups is 2. The van der Waals surface area contributed by atoms with E-state index < -0.39 is 0 Å². The summed E-state index contributed by atoms with van der Waals surface area (Å²) < 4.78 is 0. The van der Waals surface area contributed by atoms with Crippen LogP contribution >= 0.6 is 11.6 Å². The fraction of sp³-hybridized carbons (Fsp3) is 0.529. The van der Waals surface area contributed by atoms with E-state index in [9.17, 15) is 9.59 Å². The van der Waals surface area contributed by atoms with Crippen LogP contribution < -0.4 is 10.6 Å². The molecule has 2 N–H and O–H groups in total. The zero-order valence-electron chi connectivity index (χ0n) is 12.5. The number of halogens is 1. The maximum absolute atomic E-state index is 12.2. The van der Waals surface area contributed by atoms with E-state index in [0.717, 1.165) is 17.9 Å². The van der Waals surface area contributed by atoms with Gasteiger partial charge in [-0.25, -0.2) is 0 Å². The van der Waals surface area contributed by atoms with Crippen molar-refractivity contribution in [2.24, 2.45) is 0 Å². The van der Waals surface area contributed by atoms with E-state index in [1.165, 1.54) is 18.4 Å². The normalized spacial score (nSPS) is 23.3. The van der Waals surface area contributed by atoms with E-state index in [4.69, 9.17) is 11.6 Å². The molecule has 2 amide bonds. The molecular weight excluding hydrogens is 300 g/mol. The second-order valence-electron chi connectivity index (χ2n) is 6.37. The highest BCUT2D eigenvalue weighted by atomic mass is 35.5. The summed E-state index contributed by atoms with van der Waals surface area (Å²) >= 11 is 6.13. The molecule has 4 nitrogen and oxygen atoms in total. The van der Waals surface area contributed by atoms with Gasteiger partial charge in [0.2, 0.25) is 11.8 Å². The molecule has 0 radical (unpaired) electrons. The van der Waals surface area contributed by atoms with Crippen LogP contribution in [0, 0.1) is 0 Å². The van der Waals surface area contributed by atoms with Crippen LogP contribution in [-0.4, -0.2) is 24.4 Å². The lowest BCUT2D eigenvalue weighted by atomic mass is 9.78. The molecule has 1 aromatic carbocycles. The quantitative estimate of drug-likeness (QED) is 0.895. The lowest BCUT2D eigenvalue weighted by Crippen LogP contribution is -2.46. The number of rotatable bonds is 4. The second-order valence-corrected chi connectivity index (χ2v) is 6.81. The first-order valence-corrected chi connectivity index (χ1v) is 8.30. The largest absolute Gasteiger partial charge is 0.353 e. The standard InChI is InChI=1S/C17H21ClN2O2/c18-13-5-3-4-12(10-13)17(8-1-2-9-17)11-19-16(22)14-6-7-15(21)20-14/h3-5,10,14H,1-2,6-9,11H2,(H,19,22)(H,20,21)/t14-/m0/s1. The molecule has 1 heterocycles. The number of nitrogens with one attached hydrogen (secondary N) is 2. The molecule has 1 aliphatic heterocycles. The fourth-order valence-corrected chi connectivity index (χ4v) is 3.82. The SMILES string of the molecule is O=C1CC[C@@H](C(=O)NCC2(c3cccc(Cl)c3)CCCC2)N1. The Hall–Kier alpha value is -1.55. The lowest BCUT2D eigenvalue weighted by Gasteiger charge is -2.30. The lowest BCUT2D eigenvalue weighted by molar-refractivity contribution is -0.125. The number of carbonyl (C=O) groups excluding carboxylic acids is 2. The monoisotopic (exact) mass is 320 g/mol. The molecule has 0 spiro atoms. The minimum absolute atomic E-state index is 0.0246. The first-order chi connectivity index (χ1) is 10.6. The summed E-state index contributed by atoms with van der Waals surface area (Å²) in [5, 5.41) is 6.50. The molecule has 118 valence electrons. The summed E-state index contributed by atoms with van der Waals surface area (Å²) in [7, 11) is 0. The van der Waals surface area contributed by atoms with E-state index in [1.54, 1.807) is 0 Å². The Bertz CT molecular complexity index is 582. The van der Waals surface area contributed by atoms with Crippen LogP contribution in [0.25, 0.3) is 0 Å². The smallest absolute Gasteiger partial charge is 0.242 e. The van der Waals surface area contributed by atoms with Gasteiger partial charge < -0.3 is 10.6 Å². The average molecular weight is 321 g/mol. The van der Waals surface area contributed by atoms with Crippen LogP contribution in [0.3, 0.4) is 0 Å². The number of hydrogen-bond donors (Lipinski definition) is 2. The zero-order valence-corrected chi connectivity index (χ0v) is 13.3. The highest BCUT2D eigenvalue weighted by Gasteiger charge is 2.37. The Morgan fingerprint density at radius 1 is 1.36 bits per heavy atom. The van der Waals surface area contributed by atoms with Gasteiger partial charge in [0.1, 0.15) is 6.04 Å². The molecule has 2 fully saturated rings. The van der Waals surface area contributed by atoms with Crippen LogP contribution in [0.4, 0.5) is 0 Å². The molecule has 1 aromatic rings. The molecule has 5 heteroatoms. The summed E-state index contributed by atoms with van der Waals surface area (Å²) in [6.45, 7) is 0.610. The maximum atomic E-state index is 12.2. The molecule has 3 rings (SSSR count). The Morgan fingerprint density at radius 3 is 2.77 bits per heavy atom. The molecule has 0 aromatic heterocycles. The molecule has 1 aliphatic carbocycles. The summed E-state index contributed by atoms with van der Waals surface area (Å²) in [4.78, 5) is 23.5. The highest BCUT2D eigenvalue weighted by Crippen LogP contribution is 2.41. The van der Waals surface area contributed by atoms with E-state index in [-0.39, 0.29) is 23.3 Å². The molecule has 0 bridgehead atoms. The van der Waals surface area contributed by atoms with Crippen molar-refractivity contribution in [3.05, 3.63) is 34.9 Å². The maximum Gasteiger partial charge on any atom is 0.242 e. The van der Waals surface area contributed by atoms with Crippen LogP contribution in [-0.2, 0) is 15.0 Å². The molecule has 1 atom stereocenters. The van der Waals surface area contributed by atoms with Crippen LogP contribution in [0.1, 0.15) is 44.1 Å². The van der Waals surface area contributed by atoms with E-state index in [2.05, 4.69) is 16.7 Å². The molecule has 22 heavy (non-hydrogen) atoms. The van der Waals surface area contributed by atoms with E-state index in [0.29, 0.717) is 19.4 Å². The topological polar surface area (TPSA) is 58.2 Å². The van der Waals surface area contributed by atoms with Gasteiger partial charge in [0.25, 0.3) is 0 Å². The van der Waals surface area contributed by atoms with Gasteiger partial charge in [-0.3, -0.25) is 9.59 Å². The third-order valence-electron chi connectivity index (χ3n) is 4.91. The molecular formula is C17H21ClN2O2. The van der Waals surface area contributed by atoms with E-state index >= 15 is 0 Å². The van der Waals surface area contributed by atoms with Gasteiger partial charge in [0.15, 0.2) is 0 Å². The third-order valence-corrected chi connectivity index (χ3v) is 5.15. The van der Waals surface area contributed by atoms with Crippen LogP contribution in [0.2, 0.25) is 5.02 Å². The van der Waals surface area contributed by atoms with Crippen molar-refractivity contribution >= 4 is 23.4 Å². The number of amides is 2. The van der Waals surface area contributed by atoms with Crippen molar-refractivity contribution in [3.63, 3.8) is 0 Å². The molecule has 1 saturated heterocycles. The predicted octanol–water partition coefficient (Wildman–Crippen LogP) is 2.55. The van der Waals surface area contributed by atoms with Crippen molar-refractivity contribution < 1.29 is 9.59 Å². The van der Waals surface area contributed by atoms with Crippen LogP contribution in [0.15, 0.2) is 24.3 Å². The van der Waals surface area contributed by atoms with Crippen molar-refractivity contribution in [2.45, 2.75) is 50.0 Å². The minimum atomic E-state index is -0.370. The van der Waals surface area contributed by atoms with Crippen molar-refractivity contribution in [2.75, 3.05) is 6.54 Å². The van der Waals surface area contributed by atoms with Gasteiger partial charge in [0, 0.05) is 23.4 Å². The minimum Gasteiger partial charge on any atom is -0.353 e. The Labute approximate surface area is 135 Å². The first kappa shape index (κ1) is 15.3. The zero-order chi connectivity index (χ0) is 15.6.